The van der Waals surface area contributed by atoms with Crippen LogP contribution in [0.25, 0.3) is 0 Å². The van der Waals surface area contributed by atoms with Crippen molar-refractivity contribution in [2.75, 3.05) is 24.7 Å². The number of carbonyl (C=O) groups excluding carboxylic acids is 4. The molecule has 2 aliphatic rings. The van der Waals surface area contributed by atoms with Gasteiger partial charge in [-0.1, -0.05) is 5.16 Å². The molecule has 0 aliphatic carbocycles. The first-order valence-electron chi connectivity index (χ1n) is 9.14. The SMILES string of the molecule is CC(=O)OCC1=C(C(=O)O)N2C(=O)[C@@H](NC(=O)/C(=N\OCC(N)=O)c3csc(N)n3)[C@H]2SC1.[H-].[Na+]. The Morgan fingerprint density at radius 1 is 1.41 bits per heavy atom. The molecule has 0 aromatic carbocycles. The van der Waals surface area contributed by atoms with Gasteiger partial charge in [0.05, 0.1) is 0 Å². The van der Waals surface area contributed by atoms with Crippen LogP contribution in [-0.2, 0) is 33.5 Å². The summed E-state index contributed by atoms with van der Waals surface area (Å²) in [7, 11) is 0. The zero-order valence-electron chi connectivity index (χ0n) is 19.0. The Labute approximate surface area is 223 Å². The van der Waals surface area contributed by atoms with Gasteiger partial charge in [0.15, 0.2) is 17.5 Å². The van der Waals surface area contributed by atoms with Crippen molar-refractivity contribution < 1.29 is 69.6 Å². The summed E-state index contributed by atoms with van der Waals surface area (Å²) in [5.74, 6) is -4.13. The molecule has 1 aromatic rings. The Bertz CT molecular complexity index is 1100. The van der Waals surface area contributed by atoms with Gasteiger partial charge in [-0.3, -0.25) is 24.1 Å². The van der Waals surface area contributed by atoms with Crippen molar-refractivity contribution in [1.29, 1.82) is 0 Å². The van der Waals surface area contributed by atoms with E-state index in [0.717, 1.165) is 16.2 Å². The molecule has 0 unspecified atom stereocenters. The molecule has 0 bridgehead atoms. The summed E-state index contributed by atoms with van der Waals surface area (Å²) in [6, 6.07) is -1.07. The largest absolute Gasteiger partial charge is 1.00 e. The molecule has 178 valence electrons. The third kappa shape index (κ3) is 6.06. The van der Waals surface area contributed by atoms with Gasteiger partial charge in [-0.15, -0.1) is 23.1 Å². The molecule has 1 saturated heterocycles. The van der Waals surface area contributed by atoms with Gasteiger partial charge in [0.1, 0.15) is 29.4 Å². The number of rotatable bonds is 9. The summed E-state index contributed by atoms with van der Waals surface area (Å²) in [5, 5.41) is 16.5. The number of carboxylic acids is 1. The van der Waals surface area contributed by atoms with Crippen molar-refractivity contribution in [2.24, 2.45) is 10.9 Å². The number of aromatic nitrogens is 1. The van der Waals surface area contributed by atoms with E-state index in [1.165, 1.54) is 24.1 Å². The van der Waals surface area contributed by atoms with Crippen LogP contribution in [0.3, 0.4) is 0 Å². The number of aliphatic carboxylic acids is 1. The summed E-state index contributed by atoms with van der Waals surface area (Å²) >= 11 is 2.22. The van der Waals surface area contributed by atoms with Gasteiger partial charge in [-0.05, 0) is 0 Å². The van der Waals surface area contributed by atoms with E-state index in [4.69, 9.17) is 21.0 Å². The van der Waals surface area contributed by atoms with Crippen LogP contribution >= 0.6 is 23.1 Å². The Kier molecular flexibility index (Phi) is 9.45. The van der Waals surface area contributed by atoms with Gasteiger partial charge in [-0.2, -0.15) is 0 Å². The fourth-order valence-electron chi connectivity index (χ4n) is 2.95. The van der Waals surface area contributed by atoms with Crippen LogP contribution in [0.4, 0.5) is 5.13 Å². The van der Waals surface area contributed by atoms with Crippen LogP contribution in [0, 0.1) is 0 Å². The third-order valence-electron chi connectivity index (χ3n) is 4.33. The van der Waals surface area contributed by atoms with Crippen molar-refractivity contribution >= 4 is 63.6 Å². The molecule has 0 radical (unpaired) electrons. The first-order valence-corrected chi connectivity index (χ1v) is 11.1. The second-order valence-corrected chi connectivity index (χ2v) is 8.64. The zero-order valence-corrected chi connectivity index (χ0v) is 21.6. The molecular weight excluding hydrogens is 503 g/mol. The van der Waals surface area contributed by atoms with Gasteiger partial charge in [0.25, 0.3) is 17.7 Å². The van der Waals surface area contributed by atoms with E-state index in [0.29, 0.717) is 0 Å². The average molecular weight is 522 g/mol. The van der Waals surface area contributed by atoms with Crippen LogP contribution in [0.15, 0.2) is 21.8 Å². The molecule has 3 amide bonds. The summed E-state index contributed by atoms with van der Waals surface area (Å²) < 4.78 is 4.87. The third-order valence-corrected chi connectivity index (χ3v) is 6.34. The van der Waals surface area contributed by atoms with E-state index in [-0.39, 0.29) is 71.2 Å². The minimum absolute atomic E-state index is 0. The number of carboxylic acid groups (broad SMARTS) is 1. The number of hydrogen-bond donors (Lipinski definition) is 4. The fourth-order valence-corrected chi connectivity index (χ4v) is 4.83. The van der Waals surface area contributed by atoms with E-state index in [1.54, 1.807) is 0 Å². The van der Waals surface area contributed by atoms with Gasteiger partial charge in [0, 0.05) is 23.6 Å². The number of esters is 1. The number of nitrogen functional groups attached to an aromatic ring is 1. The molecule has 2 aliphatic heterocycles. The number of thiazole rings is 1. The van der Waals surface area contributed by atoms with Gasteiger partial charge in [-0.25, -0.2) is 9.78 Å². The maximum atomic E-state index is 12.8. The van der Waals surface area contributed by atoms with Crippen LogP contribution in [-0.4, -0.2) is 80.7 Å². The fraction of sp³-hybridized carbons (Fsp3) is 0.353. The smallest absolute Gasteiger partial charge is 1.00 e. The van der Waals surface area contributed by atoms with Gasteiger partial charge < -0.3 is 32.9 Å². The second-order valence-electron chi connectivity index (χ2n) is 6.65. The van der Waals surface area contributed by atoms with E-state index in [2.05, 4.69) is 15.5 Å². The Hall–Kier alpha value is -2.66. The minimum Gasteiger partial charge on any atom is -1.00 e. The molecule has 1 aromatic heterocycles. The molecule has 0 saturated carbocycles. The summed E-state index contributed by atoms with van der Waals surface area (Å²) in [6.45, 7) is 0.321. The monoisotopic (exact) mass is 522 g/mol. The number of β-lactam (4-membered cyclic amide) rings is 1. The Morgan fingerprint density at radius 2 is 2.12 bits per heavy atom. The van der Waals surface area contributed by atoms with E-state index in [1.807, 2.05) is 0 Å². The molecule has 34 heavy (non-hydrogen) atoms. The number of nitrogens with zero attached hydrogens (tertiary/aromatic N) is 3. The van der Waals surface area contributed by atoms with Crippen LogP contribution in [0.1, 0.15) is 14.0 Å². The van der Waals surface area contributed by atoms with Crippen molar-refractivity contribution in [3.05, 3.63) is 22.3 Å². The number of carbonyl (C=O) groups is 5. The van der Waals surface area contributed by atoms with Crippen LogP contribution < -0.4 is 46.3 Å². The number of primary amides is 1. The van der Waals surface area contributed by atoms with E-state index < -0.39 is 47.7 Å². The number of nitrogens with two attached hydrogens (primary N) is 2. The van der Waals surface area contributed by atoms with Crippen molar-refractivity contribution in [2.45, 2.75) is 18.3 Å². The number of amides is 3. The van der Waals surface area contributed by atoms with Crippen molar-refractivity contribution in [3.8, 4) is 0 Å². The Morgan fingerprint density at radius 3 is 2.68 bits per heavy atom. The topological polar surface area (TPSA) is 217 Å². The molecular formula is C17H19N6NaO8S2. The maximum absolute atomic E-state index is 12.8. The first-order chi connectivity index (χ1) is 15.6. The molecule has 17 heteroatoms. The number of ether oxygens (including phenoxy) is 1. The predicted octanol–water partition coefficient (Wildman–Crippen LogP) is -4.65. The van der Waals surface area contributed by atoms with E-state index >= 15 is 0 Å². The van der Waals surface area contributed by atoms with E-state index in [9.17, 15) is 29.1 Å². The number of thioether (sulfide) groups is 1. The maximum Gasteiger partial charge on any atom is 1.00 e. The normalized spacial score (nSPS) is 19.4. The van der Waals surface area contributed by atoms with Gasteiger partial charge in [0.2, 0.25) is 0 Å². The quantitative estimate of drug-likeness (QED) is 0.0794. The number of fused-ring (bicyclic) bond motifs is 1. The molecule has 3 rings (SSSR count). The molecule has 3 heterocycles. The summed E-state index contributed by atoms with van der Waals surface area (Å²) in [6.07, 6.45) is 0. The molecule has 14 nitrogen and oxygen atoms in total. The van der Waals surface area contributed by atoms with Crippen LogP contribution in [0.5, 0.6) is 0 Å². The second kappa shape index (κ2) is 11.7. The molecule has 0 spiro atoms. The first kappa shape index (κ1) is 27.6. The molecule has 2 atom stereocenters. The number of hydrogen-bond acceptors (Lipinski definition) is 12. The molecule has 6 N–H and O–H groups in total. The van der Waals surface area contributed by atoms with Crippen molar-refractivity contribution in [3.63, 3.8) is 0 Å². The minimum atomic E-state index is -1.36. The Balaban J connectivity index is 0.00000306. The number of nitrogens with one attached hydrogen (secondary N) is 1. The molecule has 1 fully saturated rings. The summed E-state index contributed by atoms with van der Waals surface area (Å²) in [4.78, 5) is 69.0. The summed E-state index contributed by atoms with van der Waals surface area (Å²) in [5.41, 5.74) is 10.3. The number of oxime groups is 1. The predicted molar refractivity (Wildman–Crippen MR) is 116 cm³/mol. The average Bonchev–Trinajstić information content (AvgIpc) is 3.17. The number of anilines is 1. The zero-order chi connectivity index (χ0) is 24.3. The van der Waals surface area contributed by atoms with Gasteiger partial charge >= 0.3 is 41.5 Å². The van der Waals surface area contributed by atoms with Crippen molar-refractivity contribution in [1.82, 2.24) is 15.2 Å². The van der Waals surface area contributed by atoms with Crippen LogP contribution in [0.2, 0.25) is 0 Å². The standard InChI is InChI=1S/C17H18N6O8S2.Na.H/c1-6(24)30-2-7-4-32-15-11(14(27)23(15)12(7)16(28)29)21-13(26)10(22-31-3-9(18)25)8-5-33-17(19)20-8;;/h5,11,15H,2-4H2,1H3,(H2,18,25)(H2,19,20)(H,21,26)(H,28,29);;/q;+1;-1/b22-10-;;/t11-,15-;;/m1../s1.